The zero-order valence-electron chi connectivity index (χ0n) is 23.5. The Hall–Kier alpha value is -0.840. The van der Waals surface area contributed by atoms with Gasteiger partial charge in [0, 0.05) is 0 Å². The van der Waals surface area contributed by atoms with Crippen LogP contribution in [0.3, 0.4) is 0 Å². The van der Waals surface area contributed by atoms with Gasteiger partial charge in [-0.25, -0.2) is 0 Å². The summed E-state index contributed by atoms with van der Waals surface area (Å²) in [6.07, 6.45) is -35.6. The van der Waals surface area contributed by atoms with E-state index in [-0.39, 0.29) is 0 Å². The summed E-state index contributed by atoms with van der Waals surface area (Å²) in [7, 11) is 0. The molecule has 0 amide bonds. The average Bonchev–Trinajstić information content (AvgIpc) is 3.03. The van der Waals surface area contributed by atoms with Gasteiger partial charge in [0.1, 0.15) is 97.7 Å². The third-order valence-electron chi connectivity index (χ3n) is 8.20. The standard InChI is InChI=1S/C24H42O21/c25-1-5-9(29)11(31)15(35)22(40-5)45-20-10(30)6(2-26)41-24(17(20)37)44-19-8(4-28)42-23(16(36)13(19)33)43-18-7(3-27)39-21(38)14(34)12(18)32/h5-38H,1-4H2/t5-,6-,7-,8-,9+,10+,11+,12-,13-,14+,15-,16-,17-,18-,19+,20+,21-,22+,23+,24+/m1/s1. The lowest BCUT2D eigenvalue weighted by molar-refractivity contribution is -0.388. The molecule has 20 atom stereocenters. The van der Waals surface area contributed by atoms with E-state index in [1.807, 2.05) is 0 Å². The second-order valence-corrected chi connectivity index (χ2v) is 11.1. The van der Waals surface area contributed by atoms with Crippen LogP contribution in [0.25, 0.3) is 0 Å². The minimum atomic E-state index is -2.02. The predicted molar refractivity (Wildman–Crippen MR) is 134 cm³/mol. The number of hydrogen-bond acceptors (Lipinski definition) is 21. The molecule has 4 aliphatic heterocycles. The normalized spacial score (nSPS) is 52.9. The Balaban J connectivity index is 1.48. The fourth-order valence-electron chi connectivity index (χ4n) is 5.54. The van der Waals surface area contributed by atoms with Crippen LogP contribution < -0.4 is 0 Å². The SMILES string of the molecule is OC[C@H]1O[C@@H](O[C@H]2[C@@H](O)[C@@H](CO)O[C@@H](O[C@@H]3[C@H](O)[C@@H](O)[C@H](O[C@H]4[C@H](O)[C@H](O)[C@H](O)O[C@@H]4CO)O[C@@H]3CO)[C@@H]2O)[C@H](O)[C@@H](O)[C@H]1O. The molecule has 0 unspecified atom stereocenters. The number of rotatable bonds is 10. The number of hydrogen-bond donors (Lipinski definition) is 14. The molecule has 0 saturated carbocycles. The maximum atomic E-state index is 11.0. The Labute approximate surface area is 254 Å². The molecule has 0 aromatic rings. The van der Waals surface area contributed by atoms with Crippen molar-refractivity contribution in [2.75, 3.05) is 26.4 Å². The first kappa shape index (κ1) is 37.0. The molecule has 4 heterocycles. The van der Waals surface area contributed by atoms with Crippen LogP contribution in [0, 0.1) is 0 Å². The lowest BCUT2D eigenvalue weighted by Gasteiger charge is -2.49. The van der Waals surface area contributed by atoms with E-state index in [1.165, 1.54) is 0 Å². The molecule has 0 radical (unpaired) electrons. The van der Waals surface area contributed by atoms with Crippen molar-refractivity contribution in [3.63, 3.8) is 0 Å². The van der Waals surface area contributed by atoms with Crippen LogP contribution in [0.2, 0.25) is 0 Å². The Morgan fingerprint density at radius 2 is 0.711 bits per heavy atom. The third-order valence-corrected chi connectivity index (χ3v) is 8.20. The van der Waals surface area contributed by atoms with Gasteiger partial charge in [-0.3, -0.25) is 0 Å². The Bertz CT molecular complexity index is 912. The first-order valence-electron chi connectivity index (χ1n) is 14.1. The fraction of sp³-hybridized carbons (Fsp3) is 1.00. The lowest BCUT2D eigenvalue weighted by atomic mass is 9.95. The summed E-state index contributed by atoms with van der Waals surface area (Å²) in [5.41, 5.74) is 0. The van der Waals surface area contributed by atoms with E-state index in [4.69, 9.17) is 33.2 Å². The summed E-state index contributed by atoms with van der Waals surface area (Å²) in [6, 6.07) is 0. The topological polar surface area (TPSA) is 348 Å². The van der Waals surface area contributed by atoms with Gasteiger partial charge in [0.25, 0.3) is 0 Å². The van der Waals surface area contributed by atoms with Crippen molar-refractivity contribution in [3.05, 3.63) is 0 Å². The van der Waals surface area contributed by atoms with Crippen LogP contribution in [-0.2, 0) is 33.2 Å². The zero-order chi connectivity index (χ0) is 33.3. The minimum Gasteiger partial charge on any atom is -0.394 e. The molecule has 21 heteroatoms. The average molecular weight is 667 g/mol. The van der Waals surface area contributed by atoms with Crippen LogP contribution in [0.5, 0.6) is 0 Å². The summed E-state index contributed by atoms with van der Waals surface area (Å²) >= 11 is 0. The first-order valence-corrected chi connectivity index (χ1v) is 14.1. The molecule has 4 rings (SSSR count). The second kappa shape index (κ2) is 15.6. The molecule has 0 aromatic carbocycles. The van der Waals surface area contributed by atoms with Crippen molar-refractivity contribution in [2.45, 2.75) is 123 Å². The largest absolute Gasteiger partial charge is 0.394 e. The summed E-state index contributed by atoms with van der Waals surface area (Å²) in [5, 5.41) is 142. The zero-order valence-corrected chi connectivity index (χ0v) is 23.5. The van der Waals surface area contributed by atoms with Gasteiger partial charge in [0.05, 0.1) is 26.4 Å². The van der Waals surface area contributed by atoms with Crippen molar-refractivity contribution in [3.8, 4) is 0 Å². The summed E-state index contributed by atoms with van der Waals surface area (Å²) < 4.78 is 37.7. The lowest BCUT2D eigenvalue weighted by Crippen LogP contribution is -2.67. The first-order chi connectivity index (χ1) is 21.3. The molecule has 0 bridgehead atoms. The van der Waals surface area contributed by atoms with Gasteiger partial charge in [-0.05, 0) is 0 Å². The van der Waals surface area contributed by atoms with Gasteiger partial charge in [0.15, 0.2) is 25.2 Å². The molecule has 0 aromatic heterocycles. The highest BCUT2D eigenvalue weighted by Crippen LogP contribution is 2.34. The molecule has 4 saturated heterocycles. The van der Waals surface area contributed by atoms with Gasteiger partial charge in [-0.1, -0.05) is 0 Å². The molecule has 0 aliphatic carbocycles. The van der Waals surface area contributed by atoms with E-state index < -0.39 is 149 Å². The van der Waals surface area contributed by atoms with Crippen molar-refractivity contribution in [2.24, 2.45) is 0 Å². The maximum Gasteiger partial charge on any atom is 0.187 e. The highest BCUT2D eigenvalue weighted by atomic mass is 16.8. The molecular formula is C24H42O21. The minimum absolute atomic E-state index is 0.806. The van der Waals surface area contributed by atoms with Gasteiger partial charge in [-0.15, -0.1) is 0 Å². The van der Waals surface area contributed by atoms with E-state index in [1.54, 1.807) is 0 Å². The van der Waals surface area contributed by atoms with Crippen molar-refractivity contribution < 1.29 is 105 Å². The summed E-state index contributed by atoms with van der Waals surface area (Å²) in [5.74, 6) is 0. The Morgan fingerprint density at radius 1 is 0.333 bits per heavy atom. The van der Waals surface area contributed by atoms with Crippen molar-refractivity contribution >= 4 is 0 Å². The molecule has 4 fully saturated rings. The number of aliphatic hydroxyl groups is 14. The quantitative estimate of drug-likeness (QED) is 0.103. The molecule has 45 heavy (non-hydrogen) atoms. The Kier molecular flexibility index (Phi) is 12.8. The molecule has 0 spiro atoms. The third kappa shape index (κ3) is 7.44. The van der Waals surface area contributed by atoms with Gasteiger partial charge in [0.2, 0.25) is 0 Å². The van der Waals surface area contributed by atoms with E-state index in [2.05, 4.69) is 0 Å². The number of ether oxygens (including phenoxy) is 7. The number of aliphatic hydroxyl groups excluding tert-OH is 14. The predicted octanol–water partition coefficient (Wildman–Crippen LogP) is -9.75. The monoisotopic (exact) mass is 666 g/mol. The van der Waals surface area contributed by atoms with Crippen LogP contribution in [-0.4, -0.2) is 221 Å². The van der Waals surface area contributed by atoms with Crippen LogP contribution >= 0.6 is 0 Å². The van der Waals surface area contributed by atoms with Crippen molar-refractivity contribution in [1.29, 1.82) is 0 Å². The van der Waals surface area contributed by atoms with E-state index >= 15 is 0 Å². The molecule has 14 N–H and O–H groups in total. The van der Waals surface area contributed by atoms with Crippen LogP contribution in [0.4, 0.5) is 0 Å². The van der Waals surface area contributed by atoms with E-state index in [0.29, 0.717) is 0 Å². The molecule has 264 valence electrons. The Morgan fingerprint density at radius 3 is 1.22 bits per heavy atom. The molecule has 21 nitrogen and oxygen atoms in total. The van der Waals surface area contributed by atoms with Crippen LogP contribution in [0.1, 0.15) is 0 Å². The van der Waals surface area contributed by atoms with Crippen molar-refractivity contribution in [1.82, 2.24) is 0 Å². The highest BCUT2D eigenvalue weighted by Gasteiger charge is 2.55. The fourth-order valence-corrected chi connectivity index (χ4v) is 5.54. The second-order valence-electron chi connectivity index (χ2n) is 11.1. The maximum absolute atomic E-state index is 11.0. The van der Waals surface area contributed by atoms with E-state index in [9.17, 15) is 71.5 Å². The molecule has 4 aliphatic rings. The van der Waals surface area contributed by atoms with Gasteiger partial charge in [-0.2, -0.15) is 0 Å². The smallest absolute Gasteiger partial charge is 0.187 e. The highest BCUT2D eigenvalue weighted by molar-refractivity contribution is 4.97. The summed E-state index contributed by atoms with van der Waals surface area (Å²) in [6.45, 7) is -3.41. The molecular weight excluding hydrogens is 624 g/mol. The van der Waals surface area contributed by atoms with Crippen LogP contribution in [0.15, 0.2) is 0 Å². The van der Waals surface area contributed by atoms with E-state index in [0.717, 1.165) is 0 Å². The van der Waals surface area contributed by atoms with Gasteiger partial charge >= 0.3 is 0 Å². The summed E-state index contributed by atoms with van der Waals surface area (Å²) in [4.78, 5) is 0. The van der Waals surface area contributed by atoms with Gasteiger partial charge < -0.3 is 105 Å².